The van der Waals surface area contributed by atoms with Gasteiger partial charge in [-0.05, 0) is 25.0 Å². The first-order valence-electron chi connectivity index (χ1n) is 8.17. The molecule has 0 aliphatic rings. The Morgan fingerprint density at radius 2 is 1.81 bits per heavy atom. The molecule has 0 fully saturated rings. The van der Waals surface area contributed by atoms with E-state index in [1.165, 1.54) is 0 Å². The van der Waals surface area contributed by atoms with Gasteiger partial charge in [-0.15, -0.1) is 24.0 Å². The number of benzene rings is 1. The Morgan fingerprint density at radius 3 is 2.35 bits per heavy atom. The molecule has 0 amide bonds. The maximum absolute atomic E-state index is 9.43. The Bertz CT molecular complexity index is 763. The SMILES string of the molecule is CN(C)C(=NCCCc1nn(-c2ccccc2)c(N)c1C#N)N(C)C.I. The predicted octanol–water partition coefficient (Wildman–Crippen LogP) is 2.36. The van der Waals surface area contributed by atoms with Crippen LogP contribution in [0.4, 0.5) is 5.82 Å². The molecule has 8 heteroatoms. The lowest BCUT2D eigenvalue weighted by Gasteiger charge is -2.22. The maximum Gasteiger partial charge on any atom is 0.195 e. The Kier molecular flexibility index (Phi) is 8.38. The number of nitriles is 1. The number of anilines is 1. The van der Waals surface area contributed by atoms with Crippen molar-refractivity contribution in [1.29, 1.82) is 5.26 Å². The highest BCUT2D eigenvalue weighted by atomic mass is 127. The second kappa shape index (κ2) is 10.0. The summed E-state index contributed by atoms with van der Waals surface area (Å²) in [6.07, 6.45) is 1.45. The van der Waals surface area contributed by atoms with Gasteiger partial charge in [-0.25, -0.2) is 4.68 Å². The number of guanidine groups is 1. The number of nitrogens with zero attached hydrogens (tertiary/aromatic N) is 6. The summed E-state index contributed by atoms with van der Waals surface area (Å²) in [5, 5.41) is 14.0. The molecule has 0 saturated heterocycles. The molecule has 0 aliphatic heterocycles. The fourth-order valence-corrected chi connectivity index (χ4v) is 2.65. The highest BCUT2D eigenvalue weighted by molar-refractivity contribution is 14.0. The van der Waals surface area contributed by atoms with Crippen molar-refractivity contribution in [2.45, 2.75) is 12.8 Å². The Morgan fingerprint density at radius 1 is 1.19 bits per heavy atom. The average molecular weight is 467 g/mol. The number of nitrogens with two attached hydrogens (primary N) is 1. The molecule has 0 unspecified atom stereocenters. The first kappa shape index (κ1) is 21.8. The topological polar surface area (TPSA) is 86.5 Å². The molecule has 140 valence electrons. The number of nitrogen functional groups attached to an aromatic ring is 1. The molecular formula is C18H26IN7. The summed E-state index contributed by atoms with van der Waals surface area (Å²) in [6.45, 7) is 0.661. The van der Waals surface area contributed by atoms with Crippen LogP contribution in [0.1, 0.15) is 17.7 Å². The zero-order valence-corrected chi connectivity index (χ0v) is 18.0. The van der Waals surface area contributed by atoms with E-state index in [9.17, 15) is 5.26 Å². The van der Waals surface area contributed by atoms with Crippen LogP contribution in [0.25, 0.3) is 5.69 Å². The van der Waals surface area contributed by atoms with Crippen molar-refractivity contribution in [3.05, 3.63) is 41.6 Å². The van der Waals surface area contributed by atoms with Gasteiger partial charge in [0.15, 0.2) is 5.96 Å². The van der Waals surface area contributed by atoms with Gasteiger partial charge in [0.1, 0.15) is 17.5 Å². The molecule has 2 aromatic rings. The van der Waals surface area contributed by atoms with Crippen molar-refractivity contribution < 1.29 is 0 Å². The molecular weight excluding hydrogens is 441 g/mol. The van der Waals surface area contributed by atoms with Gasteiger partial charge in [0.2, 0.25) is 0 Å². The standard InChI is InChI=1S/C18H25N7.HI/c1-23(2)18(24(3)4)21-12-8-11-16-15(13-19)17(20)25(22-16)14-9-6-5-7-10-14;/h5-7,9-10H,8,11-12,20H2,1-4H3;1H. The van der Waals surface area contributed by atoms with Crippen LogP contribution in [0.2, 0.25) is 0 Å². The largest absolute Gasteiger partial charge is 0.382 e. The van der Waals surface area contributed by atoms with E-state index in [2.05, 4.69) is 16.2 Å². The summed E-state index contributed by atoms with van der Waals surface area (Å²) < 4.78 is 1.63. The second-order valence-corrected chi connectivity index (χ2v) is 6.14. The van der Waals surface area contributed by atoms with E-state index in [1.807, 2.05) is 68.3 Å². The minimum atomic E-state index is 0. The summed E-state index contributed by atoms with van der Waals surface area (Å²) in [5.74, 6) is 1.30. The maximum atomic E-state index is 9.43. The predicted molar refractivity (Wildman–Crippen MR) is 116 cm³/mol. The van der Waals surface area contributed by atoms with Gasteiger partial charge in [-0.1, -0.05) is 18.2 Å². The van der Waals surface area contributed by atoms with Gasteiger partial charge in [0, 0.05) is 34.7 Å². The average Bonchev–Trinajstić information content (AvgIpc) is 2.90. The second-order valence-electron chi connectivity index (χ2n) is 6.14. The molecule has 1 aromatic carbocycles. The van der Waals surface area contributed by atoms with Crippen molar-refractivity contribution in [3.63, 3.8) is 0 Å². The molecule has 1 aromatic heterocycles. The van der Waals surface area contributed by atoms with Crippen molar-refractivity contribution in [2.75, 3.05) is 40.5 Å². The first-order valence-corrected chi connectivity index (χ1v) is 8.17. The molecule has 26 heavy (non-hydrogen) atoms. The lowest BCUT2D eigenvalue weighted by molar-refractivity contribution is 0.479. The first-order chi connectivity index (χ1) is 12.0. The molecule has 0 atom stereocenters. The number of aromatic nitrogens is 2. The highest BCUT2D eigenvalue weighted by Gasteiger charge is 2.16. The van der Waals surface area contributed by atoms with Crippen molar-refractivity contribution in [3.8, 4) is 11.8 Å². The third-order valence-corrected chi connectivity index (χ3v) is 3.73. The summed E-state index contributed by atoms with van der Waals surface area (Å²) in [5.41, 5.74) is 8.14. The van der Waals surface area contributed by atoms with Crippen LogP contribution in [-0.2, 0) is 6.42 Å². The van der Waals surface area contributed by atoms with Gasteiger partial charge in [0.25, 0.3) is 0 Å². The normalized spacial score (nSPS) is 9.81. The Labute approximate surface area is 172 Å². The third-order valence-electron chi connectivity index (χ3n) is 3.73. The number of aliphatic imine (C=N–C) groups is 1. The monoisotopic (exact) mass is 467 g/mol. The van der Waals surface area contributed by atoms with E-state index in [1.54, 1.807) is 4.68 Å². The van der Waals surface area contributed by atoms with Crippen LogP contribution >= 0.6 is 24.0 Å². The van der Waals surface area contributed by atoms with E-state index in [0.717, 1.165) is 23.8 Å². The number of para-hydroxylation sites is 1. The highest BCUT2D eigenvalue weighted by Crippen LogP contribution is 2.21. The fourth-order valence-electron chi connectivity index (χ4n) is 2.65. The number of hydrogen-bond acceptors (Lipinski definition) is 4. The van der Waals surface area contributed by atoms with Crippen LogP contribution in [0.15, 0.2) is 35.3 Å². The van der Waals surface area contributed by atoms with Gasteiger partial charge < -0.3 is 15.5 Å². The number of rotatable bonds is 5. The zero-order chi connectivity index (χ0) is 18.4. The summed E-state index contributed by atoms with van der Waals surface area (Å²) in [4.78, 5) is 8.55. The molecule has 0 radical (unpaired) electrons. The molecule has 2 rings (SSSR count). The Balaban J connectivity index is 0.00000338. The minimum absolute atomic E-state index is 0. The summed E-state index contributed by atoms with van der Waals surface area (Å²) in [6, 6.07) is 11.8. The van der Waals surface area contributed by atoms with Crippen LogP contribution < -0.4 is 5.73 Å². The summed E-state index contributed by atoms with van der Waals surface area (Å²) >= 11 is 0. The lowest BCUT2D eigenvalue weighted by atomic mass is 10.1. The fraction of sp³-hybridized carbons (Fsp3) is 0.389. The van der Waals surface area contributed by atoms with Crippen molar-refractivity contribution in [1.82, 2.24) is 19.6 Å². The molecule has 0 aliphatic carbocycles. The van der Waals surface area contributed by atoms with E-state index in [-0.39, 0.29) is 24.0 Å². The van der Waals surface area contributed by atoms with E-state index in [0.29, 0.717) is 24.3 Å². The summed E-state index contributed by atoms with van der Waals surface area (Å²) in [7, 11) is 7.87. The van der Waals surface area contributed by atoms with Gasteiger partial charge in [-0.2, -0.15) is 10.4 Å². The molecule has 2 N–H and O–H groups in total. The van der Waals surface area contributed by atoms with E-state index >= 15 is 0 Å². The van der Waals surface area contributed by atoms with Gasteiger partial charge >= 0.3 is 0 Å². The number of halogens is 1. The van der Waals surface area contributed by atoms with Gasteiger partial charge in [-0.3, -0.25) is 4.99 Å². The number of aryl methyl sites for hydroxylation is 1. The molecule has 0 bridgehead atoms. The van der Waals surface area contributed by atoms with Crippen LogP contribution in [0, 0.1) is 11.3 Å². The quantitative estimate of drug-likeness (QED) is 0.316. The Hall–Kier alpha value is -2.28. The van der Waals surface area contributed by atoms with Crippen molar-refractivity contribution >= 4 is 35.8 Å². The molecule has 0 saturated carbocycles. The molecule has 1 heterocycles. The minimum Gasteiger partial charge on any atom is -0.382 e. The number of hydrogen-bond donors (Lipinski definition) is 1. The van der Waals surface area contributed by atoms with Crippen LogP contribution in [-0.4, -0.2) is 60.3 Å². The van der Waals surface area contributed by atoms with Crippen LogP contribution in [0.5, 0.6) is 0 Å². The zero-order valence-electron chi connectivity index (χ0n) is 15.7. The van der Waals surface area contributed by atoms with Crippen LogP contribution in [0.3, 0.4) is 0 Å². The van der Waals surface area contributed by atoms with E-state index < -0.39 is 0 Å². The lowest BCUT2D eigenvalue weighted by Crippen LogP contribution is -2.35. The van der Waals surface area contributed by atoms with Gasteiger partial charge in [0.05, 0.1) is 11.4 Å². The smallest absolute Gasteiger partial charge is 0.195 e. The van der Waals surface area contributed by atoms with Crippen molar-refractivity contribution in [2.24, 2.45) is 4.99 Å². The van der Waals surface area contributed by atoms with E-state index in [4.69, 9.17) is 5.73 Å². The third kappa shape index (κ3) is 5.11. The molecule has 0 spiro atoms. The molecule has 7 nitrogen and oxygen atoms in total.